The number of fused-ring (bicyclic) bond motifs is 1. The number of rotatable bonds is 6. The summed E-state index contributed by atoms with van der Waals surface area (Å²) < 4.78 is 56.3. The first-order valence-electron chi connectivity index (χ1n) is 11.0. The summed E-state index contributed by atoms with van der Waals surface area (Å²) in [5.74, 6) is -5.69. The van der Waals surface area contributed by atoms with Crippen LogP contribution in [0.4, 0.5) is 13.2 Å². The van der Waals surface area contributed by atoms with E-state index < -0.39 is 59.5 Å². The highest BCUT2D eigenvalue weighted by molar-refractivity contribution is 5.98. The number of cyclic esters (lactones) is 1. The molecular weight excluding hydrogens is 483 g/mol. The van der Waals surface area contributed by atoms with Crippen molar-refractivity contribution in [1.29, 1.82) is 0 Å². The molecule has 0 aliphatic carbocycles. The SMILES string of the molecule is COC(=O)C(C)(C)[C@@]1(C(=O)OC)C[C@H](N(C(=O)C(F)(F)F)[C@H](C)c2cccc3ccccc23)C(=O)O1. The lowest BCUT2D eigenvalue weighted by Gasteiger charge is -2.38. The number of nitrogens with zero attached hydrogens (tertiary/aromatic N) is 1. The van der Waals surface area contributed by atoms with E-state index in [1.807, 2.05) is 0 Å². The quantitative estimate of drug-likeness (QED) is 0.432. The number of hydrogen-bond donors (Lipinski definition) is 0. The van der Waals surface area contributed by atoms with Crippen LogP contribution in [0.3, 0.4) is 0 Å². The first kappa shape index (κ1) is 27.0. The molecule has 1 aliphatic heterocycles. The predicted molar refractivity (Wildman–Crippen MR) is 120 cm³/mol. The average Bonchev–Trinajstić information content (AvgIpc) is 3.20. The van der Waals surface area contributed by atoms with Crippen molar-refractivity contribution >= 4 is 34.6 Å². The van der Waals surface area contributed by atoms with Crippen molar-refractivity contribution in [2.45, 2.75) is 51.1 Å². The topological polar surface area (TPSA) is 99.2 Å². The fourth-order valence-corrected chi connectivity index (χ4v) is 4.70. The normalized spacial score (nSPS) is 21.0. The second-order valence-corrected chi connectivity index (χ2v) is 9.03. The smallest absolute Gasteiger partial charge is 0.468 e. The highest BCUT2D eigenvalue weighted by Gasteiger charge is 2.67. The molecule has 0 saturated carbocycles. The molecule has 11 heteroatoms. The van der Waals surface area contributed by atoms with Gasteiger partial charge in [-0.15, -0.1) is 0 Å². The van der Waals surface area contributed by atoms with Gasteiger partial charge in [0.15, 0.2) is 0 Å². The van der Waals surface area contributed by atoms with E-state index in [9.17, 15) is 32.3 Å². The Morgan fingerprint density at radius 2 is 1.67 bits per heavy atom. The second kappa shape index (κ2) is 9.44. The van der Waals surface area contributed by atoms with Gasteiger partial charge in [0.25, 0.3) is 0 Å². The van der Waals surface area contributed by atoms with E-state index in [0.29, 0.717) is 21.2 Å². The Hall–Kier alpha value is -3.63. The van der Waals surface area contributed by atoms with Crippen LogP contribution < -0.4 is 0 Å². The molecule has 0 bridgehead atoms. The van der Waals surface area contributed by atoms with Crippen molar-refractivity contribution in [2.24, 2.45) is 5.41 Å². The number of carbonyl (C=O) groups excluding carboxylic acids is 4. The third-order valence-corrected chi connectivity index (χ3v) is 6.75. The summed E-state index contributed by atoms with van der Waals surface area (Å²) in [5, 5.41) is 1.29. The molecule has 1 heterocycles. The third-order valence-electron chi connectivity index (χ3n) is 6.75. The maximum atomic E-state index is 13.8. The number of carbonyl (C=O) groups is 4. The lowest BCUT2D eigenvalue weighted by molar-refractivity contribution is -0.195. The van der Waals surface area contributed by atoms with Crippen LogP contribution in [0, 0.1) is 5.41 Å². The number of benzene rings is 2. The average molecular weight is 509 g/mol. The van der Waals surface area contributed by atoms with E-state index in [1.165, 1.54) is 20.8 Å². The van der Waals surface area contributed by atoms with Gasteiger partial charge < -0.3 is 19.1 Å². The van der Waals surface area contributed by atoms with Crippen LogP contribution in [0.15, 0.2) is 42.5 Å². The zero-order valence-corrected chi connectivity index (χ0v) is 20.3. The Labute approximate surface area is 205 Å². The monoisotopic (exact) mass is 509 g/mol. The van der Waals surface area contributed by atoms with Gasteiger partial charge in [-0.05, 0) is 37.1 Å². The summed E-state index contributed by atoms with van der Waals surface area (Å²) >= 11 is 0. The number of hydrogen-bond acceptors (Lipinski definition) is 7. The molecule has 1 aliphatic rings. The number of halogens is 3. The maximum absolute atomic E-state index is 13.8. The summed E-state index contributed by atoms with van der Waals surface area (Å²) in [6.45, 7) is 3.84. The zero-order chi connectivity index (χ0) is 27.1. The Morgan fingerprint density at radius 3 is 2.25 bits per heavy atom. The lowest BCUT2D eigenvalue weighted by Crippen LogP contribution is -2.57. The Balaban J connectivity index is 2.18. The van der Waals surface area contributed by atoms with Gasteiger partial charge in [-0.2, -0.15) is 13.2 Å². The maximum Gasteiger partial charge on any atom is 0.471 e. The largest absolute Gasteiger partial charge is 0.471 e. The Morgan fingerprint density at radius 1 is 1.06 bits per heavy atom. The van der Waals surface area contributed by atoms with Crippen molar-refractivity contribution < 1.29 is 46.6 Å². The minimum absolute atomic E-state index is 0.348. The lowest BCUT2D eigenvalue weighted by atomic mass is 9.72. The molecule has 8 nitrogen and oxygen atoms in total. The molecule has 0 aromatic heterocycles. The fraction of sp³-hybridized carbons (Fsp3) is 0.440. The minimum Gasteiger partial charge on any atom is -0.468 e. The molecular formula is C25H26F3NO7. The highest BCUT2D eigenvalue weighted by atomic mass is 19.4. The molecule has 36 heavy (non-hydrogen) atoms. The van der Waals surface area contributed by atoms with E-state index in [0.717, 1.165) is 14.2 Å². The van der Waals surface area contributed by atoms with Crippen LogP contribution in [0.1, 0.15) is 38.8 Å². The molecule has 2 aromatic carbocycles. The fourth-order valence-electron chi connectivity index (χ4n) is 4.70. The van der Waals surface area contributed by atoms with Crippen LogP contribution >= 0.6 is 0 Å². The summed E-state index contributed by atoms with van der Waals surface area (Å²) in [4.78, 5) is 51.6. The standard InChI is InChI=1S/C25H26F3NO7/c1-14(16-12-8-10-15-9-6-7-11-17(15)16)29(20(31)25(26,27)28)18-13-24(22(33)35-5,36-19(18)30)23(2,3)21(32)34-4/h6-12,14,18H,13H2,1-5H3/t14-,18+,24+/m1/s1. The Kier molecular flexibility index (Phi) is 7.07. The van der Waals surface area contributed by atoms with Crippen LogP contribution in [0.5, 0.6) is 0 Å². The minimum atomic E-state index is -5.34. The van der Waals surface area contributed by atoms with E-state index in [1.54, 1.807) is 42.5 Å². The van der Waals surface area contributed by atoms with Gasteiger partial charge >= 0.3 is 30.0 Å². The van der Waals surface area contributed by atoms with E-state index in [4.69, 9.17) is 14.2 Å². The number of methoxy groups -OCH3 is 2. The van der Waals surface area contributed by atoms with Crippen molar-refractivity contribution in [3.05, 3.63) is 48.0 Å². The number of amides is 1. The molecule has 1 fully saturated rings. The summed E-state index contributed by atoms with van der Waals surface area (Å²) in [6, 6.07) is 8.70. The van der Waals surface area contributed by atoms with Crippen LogP contribution in [-0.4, -0.2) is 60.8 Å². The van der Waals surface area contributed by atoms with Gasteiger partial charge in [0, 0.05) is 6.42 Å². The van der Waals surface area contributed by atoms with Gasteiger partial charge in [-0.25, -0.2) is 9.59 Å². The number of alkyl halides is 3. The molecule has 1 amide bonds. The van der Waals surface area contributed by atoms with Gasteiger partial charge in [0.1, 0.15) is 11.5 Å². The van der Waals surface area contributed by atoms with E-state index >= 15 is 0 Å². The molecule has 0 unspecified atom stereocenters. The molecule has 0 radical (unpaired) electrons. The molecule has 194 valence electrons. The molecule has 0 N–H and O–H groups in total. The van der Waals surface area contributed by atoms with Crippen LogP contribution in [0.25, 0.3) is 10.8 Å². The molecule has 0 spiro atoms. The summed E-state index contributed by atoms with van der Waals surface area (Å²) in [6.07, 6.45) is -6.09. The molecule has 1 saturated heterocycles. The molecule has 2 aromatic rings. The van der Waals surface area contributed by atoms with Gasteiger partial charge in [0.05, 0.1) is 20.3 Å². The zero-order valence-electron chi connectivity index (χ0n) is 20.3. The third kappa shape index (κ3) is 4.27. The molecule has 3 rings (SSSR count). The second-order valence-electron chi connectivity index (χ2n) is 9.03. The van der Waals surface area contributed by atoms with Gasteiger partial charge in [-0.1, -0.05) is 42.5 Å². The van der Waals surface area contributed by atoms with E-state index in [-0.39, 0.29) is 0 Å². The number of ether oxygens (including phenoxy) is 3. The van der Waals surface area contributed by atoms with Crippen molar-refractivity contribution in [3.63, 3.8) is 0 Å². The first-order chi connectivity index (χ1) is 16.7. The highest BCUT2D eigenvalue weighted by Crippen LogP contribution is 2.47. The van der Waals surface area contributed by atoms with E-state index in [2.05, 4.69) is 0 Å². The predicted octanol–water partition coefficient (Wildman–Crippen LogP) is 3.72. The van der Waals surface area contributed by atoms with Crippen molar-refractivity contribution in [3.8, 4) is 0 Å². The van der Waals surface area contributed by atoms with Gasteiger partial charge in [-0.3, -0.25) is 9.59 Å². The van der Waals surface area contributed by atoms with Crippen molar-refractivity contribution in [2.75, 3.05) is 14.2 Å². The van der Waals surface area contributed by atoms with Gasteiger partial charge in [0.2, 0.25) is 5.60 Å². The number of esters is 3. The first-order valence-corrected chi connectivity index (χ1v) is 11.0. The molecule has 3 atom stereocenters. The summed E-state index contributed by atoms with van der Waals surface area (Å²) in [7, 11) is 2.03. The van der Waals surface area contributed by atoms with Crippen LogP contribution in [-0.2, 0) is 33.4 Å². The van der Waals surface area contributed by atoms with Crippen molar-refractivity contribution in [1.82, 2.24) is 4.90 Å². The summed E-state index contributed by atoms with van der Waals surface area (Å²) in [5.41, 5.74) is -3.84. The van der Waals surface area contributed by atoms with Crippen LogP contribution in [0.2, 0.25) is 0 Å². The Bertz CT molecular complexity index is 1200.